The molecule has 1 N–H and O–H groups in total. The van der Waals surface area contributed by atoms with Crippen LogP contribution in [-0.4, -0.2) is 64.8 Å². The number of guanidine groups is 1. The standard InChI is InChI=1S/C23H36N6/c1-5-24-23(29-14-13-20(18-29)21-15-26-27(4)17-21)25-16-22(28(6-2)7-3)19-11-9-8-10-12-19/h8-12,15,17,20,22H,5-7,13-14,16,18H2,1-4H3,(H,24,25). The predicted octanol–water partition coefficient (Wildman–Crippen LogP) is 3.26. The first-order chi connectivity index (χ1) is 14.2. The van der Waals surface area contributed by atoms with Crippen molar-refractivity contribution in [2.24, 2.45) is 12.0 Å². The minimum Gasteiger partial charge on any atom is -0.357 e. The van der Waals surface area contributed by atoms with Crippen LogP contribution in [0.3, 0.4) is 0 Å². The van der Waals surface area contributed by atoms with Crippen molar-refractivity contribution in [2.45, 2.75) is 39.2 Å². The van der Waals surface area contributed by atoms with Crippen LogP contribution in [0.4, 0.5) is 0 Å². The Hall–Kier alpha value is -2.34. The van der Waals surface area contributed by atoms with Crippen molar-refractivity contribution in [2.75, 3.05) is 39.3 Å². The van der Waals surface area contributed by atoms with Gasteiger partial charge in [-0.25, -0.2) is 0 Å². The van der Waals surface area contributed by atoms with E-state index in [1.165, 1.54) is 11.1 Å². The Labute approximate surface area is 175 Å². The topological polar surface area (TPSA) is 48.7 Å². The van der Waals surface area contributed by atoms with E-state index in [1.54, 1.807) is 0 Å². The van der Waals surface area contributed by atoms with E-state index in [0.717, 1.165) is 51.6 Å². The van der Waals surface area contributed by atoms with Gasteiger partial charge in [0.1, 0.15) is 0 Å². The van der Waals surface area contributed by atoms with Gasteiger partial charge in [-0.3, -0.25) is 14.6 Å². The highest BCUT2D eigenvalue weighted by Crippen LogP contribution is 2.27. The van der Waals surface area contributed by atoms with E-state index >= 15 is 0 Å². The number of hydrogen-bond acceptors (Lipinski definition) is 3. The highest BCUT2D eigenvalue weighted by atomic mass is 15.3. The van der Waals surface area contributed by atoms with Crippen LogP contribution in [0.2, 0.25) is 0 Å². The Morgan fingerprint density at radius 3 is 2.62 bits per heavy atom. The van der Waals surface area contributed by atoms with E-state index in [4.69, 9.17) is 4.99 Å². The number of aromatic nitrogens is 2. The fourth-order valence-corrected chi connectivity index (χ4v) is 4.25. The lowest BCUT2D eigenvalue weighted by Gasteiger charge is -2.30. The fraction of sp³-hybridized carbons (Fsp3) is 0.565. The third-order valence-corrected chi connectivity index (χ3v) is 5.87. The number of likely N-dealkylation sites (tertiary alicyclic amines) is 1. The zero-order chi connectivity index (χ0) is 20.6. The first kappa shape index (κ1) is 21.4. The molecule has 6 heteroatoms. The van der Waals surface area contributed by atoms with Gasteiger partial charge >= 0.3 is 0 Å². The van der Waals surface area contributed by atoms with Crippen molar-refractivity contribution in [1.29, 1.82) is 0 Å². The summed E-state index contributed by atoms with van der Waals surface area (Å²) in [7, 11) is 1.98. The summed E-state index contributed by atoms with van der Waals surface area (Å²) in [5.74, 6) is 1.56. The van der Waals surface area contributed by atoms with E-state index in [2.05, 4.69) is 77.5 Å². The number of nitrogens with one attached hydrogen (secondary N) is 1. The summed E-state index contributed by atoms with van der Waals surface area (Å²) in [6.45, 7) is 12.3. The number of benzene rings is 1. The minimum absolute atomic E-state index is 0.302. The van der Waals surface area contributed by atoms with Gasteiger partial charge in [0.05, 0.1) is 18.8 Å². The van der Waals surface area contributed by atoms with Crippen molar-refractivity contribution in [3.05, 3.63) is 53.9 Å². The summed E-state index contributed by atoms with van der Waals surface area (Å²) >= 11 is 0. The molecule has 0 aliphatic carbocycles. The van der Waals surface area contributed by atoms with Crippen LogP contribution in [0.5, 0.6) is 0 Å². The normalized spacial score (nSPS) is 18.4. The third-order valence-electron chi connectivity index (χ3n) is 5.87. The lowest BCUT2D eigenvalue weighted by atomic mass is 10.0. The summed E-state index contributed by atoms with van der Waals surface area (Å²) in [4.78, 5) is 9.99. The molecule has 1 aromatic heterocycles. The predicted molar refractivity (Wildman–Crippen MR) is 120 cm³/mol. The van der Waals surface area contributed by atoms with Crippen molar-refractivity contribution in [3.8, 4) is 0 Å². The maximum Gasteiger partial charge on any atom is 0.194 e. The summed E-state index contributed by atoms with van der Waals surface area (Å²) in [5, 5.41) is 7.87. The Balaban J connectivity index is 1.74. The molecule has 0 spiro atoms. The summed E-state index contributed by atoms with van der Waals surface area (Å²) < 4.78 is 1.89. The molecule has 158 valence electrons. The highest BCUT2D eigenvalue weighted by Gasteiger charge is 2.27. The van der Waals surface area contributed by atoms with E-state index in [9.17, 15) is 0 Å². The van der Waals surface area contributed by atoms with Crippen LogP contribution in [0, 0.1) is 0 Å². The smallest absolute Gasteiger partial charge is 0.194 e. The van der Waals surface area contributed by atoms with Gasteiger partial charge in [-0.2, -0.15) is 5.10 Å². The second-order valence-corrected chi connectivity index (χ2v) is 7.72. The molecule has 2 atom stereocenters. The monoisotopic (exact) mass is 396 g/mol. The quantitative estimate of drug-likeness (QED) is 0.550. The van der Waals surface area contributed by atoms with Crippen LogP contribution in [-0.2, 0) is 7.05 Å². The highest BCUT2D eigenvalue weighted by molar-refractivity contribution is 5.80. The fourth-order valence-electron chi connectivity index (χ4n) is 4.25. The largest absolute Gasteiger partial charge is 0.357 e. The van der Waals surface area contributed by atoms with Gasteiger partial charge in [0, 0.05) is 38.8 Å². The van der Waals surface area contributed by atoms with Crippen LogP contribution in [0.25, 0.3) is 0 Å². The maximum absolute atomic E-state index is 5.09. The molecule has 6 nitrogen and oxygen atoms in total. The van der Waals surface area contributed by atoms with E-state index in [-0.39, 0.29) is 0 Å². The molecular weight excluding hydrogens is 360 g/mol. The van der Waals surface area contributed by atoms with Crippen molar-refractivity contribution < 1.29 is 0 Å². The van der Waals surface area contributed by atoms with Gasteiger partial charge < -0.3 is 10.2 Å². The number of hydrogen-bond donors (Lipinski definition) is 1. The first-order valence-electron chi connectivity index (χ1n) is 11.0. The van der Waals surface area contributed by atoms with Gasteiger partial charge in [0.15, 0.2) is 5.96 Å². The van der Waals surface area contributed by atoms with E-state index in [1.807, 2.05) is 17.9 Å². The molecular formula is C23H36N6. The number of rotatable bonds is 8. The maximum atomic E-state index is 5.09. The van der Waals surface area contributed by atoms with Crippen LogP contribution < -0.4 is 5.32 Å². The second-order valence-electron chi connectivity index (χ2n) is 7.72. The Bertz CT molecular complexity index is 765. The molecule has 29 heavy (non-hydrogen) atoms. The van der Waals surface area contributed by atoms with Crippen molar-refractivity contribution >= 4 is 5.96 Å². The average molecular weight is 397 g/mol. The zero-order valence-electron chi connectivity index (χ0n) is 18.4. The number of aryl methyl sites for hydroxylation is 1. The van der Waals surface area contributed by atoms with Gasteiger partial charge in [-0.1, -0.05) is 44.2 Å². The van der Waals surface area contributed by atoms with Gasteiger partial charge in [-0.05, 0) is 37.6 Å². The van der Waals surface area contributed by atoms with Gasteiger partial charge in [-0.15, -0.1) is 0 Å². The van der Waals surface area contributed by atoms with E-state index < -0.39 is 0 Å². The molecule has 0 bridgehead atoms. The Kier molecular flexibility index (Phi) is 7.69. The molecule has 0 radical (unpaired) electrons. The van der Waals surface area contributed by atoms with Crippen LogP contribution in [0.15, 0.2) is 47.7 Å². The van der Waals surface area contributed by atoms with Crippen molar-refractivity contribution in [3.63, 3.8) is 0 Å². The lowest BCUT2D eigenvalue weighted by molar-refractivity contribution is 0.224. The summed E-state index contributed by atoms with van der Waals surface area (Å²) in [6.07, 6.45) is 5.29. The first-order valence-corrected chi connectivity index (χ1v) is 11.0. The Morgan fingerprint density at radius 2 is 2.00 bits per heavy atom. The van der Waals surface area contributed by atoms with Crippen LogP contribution in [0.1, 0.15) is 50.3 Å². The third kappa shape index (κ3) is 5.38. The molecule has 2 aromatic rings. The SMILES string of the molecule is CCNC(=NCC(c1ccccc1)N(CC)CC)N1CCC(c2cnn(C)c2)C1. The van der Waals surface area contributed by atoms with E-state index in [0.29, 0.717) is 12.0 Å². The molecule has 2 heterocycles. The number of aliphatic imine (C=N–C) groups is 1. The van der Waals surface area contributed by atoms with Crippen LogP contribution >= 0.6 is 0 Å². The molecule has 1 fully saturated rings. The molecule has 0 saturated carbocycles. The lowest BCUT2D eigenvalue weighted by Crippen LogP contribution is -2.41. The molecule has 0 amide bonds. The molecule has 1 aliphatic heterocycles. The summed E-state index contributed by atoms with van der Waals surface area (Å²) in [6, 6.07) is 11.1. The second kappa shape index (κ2) is 10.4. The molecule has 3 rings (SSSR count). The van der Waals surface area contributed by atoms with Gasteiger partial charge in [0.2, 0.25) is 0 Å². The number of likely N-dealkylation sites (N-methyl/N-ethyl adjacent to an activating group) is 1. The summed E-state index contributed by atoms with van der Waals surface area (Å²) in [5.41, 5.74) is 2.67. The average Bonchev–Trinajstić information content (AvgIpc) is 3.40. The molecule has 1 saturated heterocycles. The zero-order valence-corrected chi connectivity index (χ0v) is 18.4. The van der Waals surface area contributed by atoms with Crippen molar-refractivity contribution in [1.82, 2.24) is 24.9 Å². The minimum atomic E-state index is 0.302. The van der Waals surface area contributed by atoms with Gasteiger partial charge in [0.25, 0.3) is 0 Å². The molecule has 2 unspecified atom stereocenters. The number of nitrogens with zero attached hydrogens (tertiary/aromatic N) is 5. The molecule has 1 aliphatic rings. The molecule has 1 aromatic carbocycles. The Morgan fingerprint density at radius 1 is 1.24 bits per heavy atom.